The van der Waals surface area contributed by atoms with Crippen molar-refractivity contribution in [3.8, 4) is 0 Å². The number of hydrogen-bond acceptors (Lipinski definition) is 2. The molecule has 2 unspecified atom stereocenters. The maximum Gasteiger partial charge on any atom is 0.0488 e. The fraction of sp³-hybridized carbons (Fsp3) is 1.00. The average Bonchev–Trinajstić information content (AvgIpc) is 2.03. The Morgan fingerprint density at radius 3 is 2.23 bits per heavy atom. The van der Waals surface area contributed by atoms with E-state index in [1.165, 1.54) is 0 Å². The molecular formula is C11H25NO. The first-order valence-corrected chi connectivity index (χ1v) is 5.41. The second-order valence-corrected chi connectivity index (χ2v) is 4.28. The molecule has 0 aromatic heterocycles. The van der Waals surface area contributed by atoms with E-state index in [0.29, 0.717) is 17.9 Å². The zero-order chi connectivity index (χ0) is 10.3. The molecule has 2 N–H and O–H groups in total. The highest BCUT2D eigenvalue weighted by atomic mass is 16.5. The predicted molar refractivity (Wildman–Crippen MR) is 57.7 cm³/mol. The second-order valence-electron chi connectivity index (χ2n) is 4.28. The summed E-state index contributed by atoms with van der Waals surface area (Å²) in [7, 11) is 0. The Balaban J connectivity index is 3.39. The van der Waals surface area contributed by atoms with Gasteiger partial charge in [0.15, 0.2) is 0 Å². The molecule has 80 valence electrons. The molecule has 0 heterocycles. The summed E-state index contributed by atoms with van der Waals surface area (Å²) in [6, 6.07) is 0.299. The minimum atomic E-state index is 0.299. The van der Waals surface area contributed by atoms with Crippen LogP contribution in [0.25, 0.3) is 0 Å². The molecule has 13 heavy (non-hydrogen) atoms. The van der Waals surface area contributed by atoms with Crippen LogP contribution in [0.3, 0.4) is 0 Å². The molecule has 0 aliphatic heterocycles. The van der Waals surface area contributed by atoms with Gasteiger partial charge in [0.05, 0.1) is 0 Å². The molecule has 0 spiro atoms. The van der Waals surface area contributed by atoms with E-state index >= 15 is 0 Å². The van der Waals surface area contributed by atoms with Gasteiger partial charge in [-0.3, -0.25) is 0 Å². The molecule has 0 rings (SSSR count). The van der Waals surface area contributed by atoms with Crippen LogP contribution in [0.1, 0.15) is 40.5 Å². The summed E-state index contributed by atoms with van der Waals surface area (Å²) in [6.07, 6.45) is 2.25. The van der Waals surface area contributed by atoms with Gasteiger partial charge in [0.2, 0.25) is 0 Å². The minimum absolute atomic E-state index is 0.299. The van der Waals surface area contributed by atoms with E-state index in [2.05, 4.69) is 27.7 Å². The van der Waals surface area contributed by atoms with Crippen molar-refractivity contribution in [3.05, 3.63) is 0 Å². The van der Waals surface area contributed by atoms with Crippen LogP contribution in [0.4, 0.5) is 0 Å². The van der Waals surface area contributed by atoms with E-state index < -0.39 is 0 Å². The van der Waals surface area contributed by atoms with Crippen molar-refractivity contribution in [3.63, 3.8) is 0 Å². The van der Waals surface area contributed by atoms with Crippen molar-refractivity contribution >= 4 is 0 Å². The Labute approximate surface area is 82.8 Å². The molecule has 0 saturated heterocycles. The van der Waals surface area contributed by atoms with Crippen LogP contribution in [-0.2, 0) is 4.74 Å². The topological polar surface area (TPSA) is 35.2 Å². The SMILES string of the molecule is CCC(CCOCC(C)C)C(C)N. The fourth-order valence-electron chi connectivity index (χ4n) is 1.39. The normalized spacial score (nSPS) is 16.2. The molecule has 2 atom stereocenters. The smallest absolute Gasteiger partial charge is 0.0488 e. The molecule has 0 aromatic rings. The molecular weight excluding hydrogens is 162 g/mol. The van der Waals surface area contributed by atoms with E-state index in [1.54, 1.807) is 0 Å². The summed E-state index contributed by atoms with van der Waals surface area (Å²) < 4.78 is 5.52. The van der Waals surface area contributed by atoms with Gasteiger partial charge in [-0.05, 0) is 25.2 Å². The van der Waals surface area contributed by atoms with Crippen LogP contribution >= 0.6 is 0 Å². The maximum atomic E-state index is 5.83. The minimum Gasteiger partial charge on any atom is -0.381 e. The standard InChI is InChI=1S/C11H25NO/c1-5-11(10(4)12)6-7-13-8-9(2)3/h9-11H,5-8,12H2,1-4H3. The van der Waals surface area contributed by atoms with Crippen molar-refractivity contribution < 1.29 is 4.74 Å². The van der Waals surface area contributed by atoms with E-state index in [0.717, 1.165) is 26.1 Å². The summed E-state index contributed by atoms with van der Waals surface area (Å²) in [5, 5.41) is 0. The summed E-state index contributed by atoms with van der Waals surface area (Å²) in [6.45, 7) is 10.3. The molecule has 0 amide bonds. The van der Waals surface area contributed by atoms with Gasteiger partial charge in [-0.25, -0.2) is 0 Å². The van der Waals surface area contributed by atoms with E-state index in [9.17, 15) is 0 Å². The fourth-order valence-corrected chi connectivity index (χ4v) is 1.39. The van der Waals surface area contributed by atoms with Gasteiger partial charge in [0, 0.05) is 19.3 Å². The van der Waals surface area contributed by atoms with Crippen molar-refractivity contribution in [2.75, 3.05) is 13.2 Å². The molecule has 0 saturated carbocycles. The average molecular weight is 187 g/mol. The highest BCUT2D eigenvalue weighted by molar-refractivity contribution is 4.66. The van der Waals surface area contributed by atoms with Crippen LogP contribution < -0.4 is 5.73 Å². The molecule has 0 fully saturated rings. The molecule has 0 aliphatic carbocycles. The van der Waals surface area contributed by atoms with E-state index in [1.807, 2.05) is 0 Å². The zero-order valence-corrected chi connectivity index (χ0v) is 9.55. The number of ether oxygens (including phenoxy) is 1. The highest BCUT2D eigenvalue weighted by Crippen LogP contribution is 2.11. The Morgan fingerprint density at radius 2 is 1.85 bits per heavy atom. The quantitative estimate of drug-likeness (QED) is 0.621. The van der Waals surface area contributed by atoms with Gasteiger partial charge in [-0.2, -0.15) is 0 Å². The largest absolute Gasteiger partial charge is 0.381 e. The number of rotatable bonds is 7. The van der Waals surface area contributed by atoms with Gasteiger partial charge in [-0.1, -0.05) is 27.2 Å². The van der Waals surface area contributed by atoms with Crippen molar-refractivity contribution in [1.29, 1.82) is 0 Å². The third-order valence-electron chi connectivity index (χ3n) is 2.35. The third kappa shape index (κ3) is 7.03. The third-order valence-corrected chi connectivity index (χ3v) is 2.35. The lowest BCUT2D eigenvalue weighted by Crippen LogP contribution is -2.27. The van der Waals surface area contributed by atoms with Gasteiger partial charge in [0.1, 0.15) is 0 Å². The lowest BCUT2D eigenvalue weighted by molar-refractivity contribution is 0.0949. The van der Waals surface area contributed by atoms with E-state index in [4.69, 9.17) is 10.5 Å². The molecule has 0 bridgehead atoms. The lowest BCUT2D eigenvalue weighted by Gasteiger charge is -2.18. The summed E-state index contributed by atoms with van der Waals surface area (Å²) in [5.74, 6) is 1.25. The number of hydrogen-bond donors (Lipinski definition) is 1. The molecule has 2 nitrogen and oxygen atoms in total. The molecule has 0 aromatic carbocycles. The van der Waals surface area contributed by atoms with Crippen molar-refractivity contribution in [2.24, 2.45) is 17.6 Å². The van der Waals surface area contributed by atoms with Crippen LogP contribution in [0, 0.1) is 11.8 Å². The number of nitrogens with two attached hydrogens (primary N) is 1. The Kier molecular flexibility index (Phi) is 7.29. The van der Waals surface area contributed by atoms with Gasteiger partial charge >= 0.3 is 0 Å². The molecule has 0 aliphatic rings. The zero-order valence-electron chi connectivity index (χ0n) is 9.55. The first-order chi connectivity index (χ1) is 6.07. The van der Waals surface area contributed by atoms with Gasteiger partial charge in [-0.15, -0.1) is 0 Å². The van der Waals surface area contributed by atoms with E-state index in [-0.39, 0.29) is 0 Å². The van der Waals surface area contributed by atoms with Crippen molar-refractivity contribution in [2.45, 2.75) is 46.6 Å². The van der Waals surface area contributed by atoms with Crippen LogP contribution in [-0.4, -0.2) is 19.3 Å². The maximum absolute atomic E-state index is 5.83. The first kappa shape index (κ1) is 12.9. The Hall–Kier alpha value is -0.0800. The second kappa shape index (κ2) is 7.34. The van der Waals surface area contributed by atoms with Crippen LogP contribution in [0.5, 0.6) is 0 Å². The highest BCUT2D eigenvalue weighted by Gasteiger charge is 2.10. The Morgan fingerprint density at radius 1 is 1.23 bits per heavy atom. The summed E-state index contributed by atoms with van der Waals surface area (Å²) in [5.41, 5.74) is 5.83. The van der Waals surface area contributed by atoms with Crippen LogP contribution in [0.15, 0.2) is 0 Å². The first-order valence-electron chi connectivity index (χ1n) is 5.41. The summed E-state index contributed by atoms with van der Waals surface area (Å²) in [4.78, 5) is 0. The lowest BCUT2D eigenvalue weighted by atomic mass is 9.96. The summed E-state index contributed by atoms with van der Waals surface area (Å²) >= 11 is 0. The predicted octanol–water partition coefficient (Wildman–Crippen LogP) is 2.42. The van der Waals surface area contributed by atoms with Gasteiger partial charge < -0.3 is 10.5 Å². The molecule has 2 heteroatoms. The monoisotopic (exact) mass is 187 g/mol. The van der Waals surface area contributed by atoms with Gasteiger partial charge in [0.25, 0.3) is 0 Å². The molecule has 0 radical (unpaired) electrons. The van der Waals surface area contributed by atoms with Crippen LogP contribution in [0.2, 0.25) is 0 Å². The van der Waals surface area contributed by atoms with Crippen molar-refractivity contribution in [1.82, 2.24) is 0 Å². The Bertz CT molecular complexity index is 113.